The summed E-state index contributed by atoms with van der Waals surface area (Å²) in [7, 11) is -1.73. The van der Waals surface area contributed by atoms with Gasteiger partial charge in [-0.15, -0.1) is 6.58 Å². The van der Waals surface area contributed by atoms with E-state index in [0.717, 1.165) is 13.0 Å². The second kappa shape index (κ2) is 10.4. The Labute approximate surface area is 159 Å². The van der Waals surface area contributed by atoms with Crippen molar-refractivity contribution in [2.24, 2.45) is 0 Å². The first-order valence-electron chi connectivity index (χ1n) is 9.20. The van der Waals surface area contributed by atoms with E-state index in [9.17, 15) is 0 Å². The molecule has 1 atom stereocenters. The van der Waals surface area contributed by atoms with Gasteiger partial charge in [-0.25, -0.2) is 0 Å². The molecular weight excluding hydrogens is 338 g/mol. The molecule has 3 nitrogen and oxygen atoms in total. The molecule has 0 fully saturated rings. The van der Waals surface area contributed by atoms with E-state index in [4.69, 9.17) is 9.26 Å². The molecule has 0 N–H and O–H groups in total. The van der Waals surface area contributed by atoms with E-state index in [-0.39, 0.29) is 6.04 Å². The smallest absolute Gasteiger partial charge is 0.212 e. The van der Waals surface area contributed by atoms with Crippen LogP contribution in [0.4, 0.5) is 0 Å². The van der Waals surface area contributed by atoms with Crippen LogP contribution in [0.2, 0.25) is 19.6 Å². The van der Waals surface area contributed by atoms with E-state index in [0.29, 0.717) is 13.2 Å². The van der Waals surface area contributed by atoms with E-state index >= 15 is 0 Å². The Kier molecular flexibility index (Phi) is 8.26. The van der Waals surface area contributed by atoms with Gasteiger partial charge in [-0.1, -0.05) is 66.7 Å². The molecule has 0 aliphatic rings. The van der Waals surface area contributed by atoms with Crippen LogP contribution in [0, 0.1) is 0 Å². The van der Waals surface area contributed by atoms with Gasteiger partial charge >= 0.3 is 0 Å². The van der Waals surface area contributed by atoms with Crippen LogP contribution >= 0.6 is 0 Å². The Balaban J connectivity index is 2.04. The van der Waals surface area contributed by atoms with Crippen LogP contribution in [0.25, 0.3) is 0 Å². The first kappa shape index (κ1) is 20.6. The summed E-state index contributed by atoms with van der Waals surface area (Å²) in [5, 5.41) is 2.11. The fourth-order valence-electron chi connectivity index (χ4n) is 2.70. The van der Waals surface area contributed by atoms with Crippen LogP contribution in [0.1, 0.15) is 17.5 Å². The first-order valence-corrected chi connectivity index (χ1v) is 12.6. The van der Waals surface area contributed by atoms with Crippen LogP contribution in [0.3, 0.4) is 0 Å². The van der Waals surface area contributed by atoms with Crippen molar-refractivity contribution in [3.05, 3.63) is 84.4 Å². The quantitative estimate of drug-likeness (QED) is 0.300. The lowest BCUT2D eigenvalue weighted by molar-refractivity contribution is -0.132. The summed E-state index contributed by atoms with van der Waals surface area (Å²) in [6.07, 6.45) is 2.77. The van der Waals surface area contributed by atoms with Crippen molar-refractivity contribution in [2.75, 3.05) is 6.61 Å². The summed E-state index contributed by atoms with van der Waals surface area (Å²) in [6.45, 7) is 12.5. The Morgan fingerprint density at radius 2 is 1.54 bits per heavy atom. The number of hydroxylamine groups is 2. The van der Waals surface area contributed by atoms with Gasteiger partial charge in [0.25, 0.3) is 0 Å². The maximum absolute atomic E-state index is 6.40. The molecule has 140 valence electrons. The molecule has 0 bridgehead atoms. The topological polar surface area (TPSA) is 21.7 Å². The molecule has 26 heavy (non-hydrogen) atoms. The normalized spacial score (nSPS) is 12.9. The third-order valence-corrected chi connectivity index (χ3v) is 4.62. The molecule has 0 saturated carbocycles. The van der Waals surface area contributed by atoms with Crippen molar-refractivity contribution in [3.8, 4) is 0 Å². The highest BCUT2D eigenvalue weighted by Gasteiger charge is 2.26. The molecule has 0 heterocycles. The maximum atomic E-state index is 6.40. The van der Waals surface area contributed by atoms with Gasteiger partial charge in [0.2, 0.25) is 8.32 Å². The molecule has 2 aromatic rings. The predicted molar refractivity (Wildman–Crippen MR) is 111 cm³/mol. The molecular formula is C22H31NO2Si. The molecule has 0 amide bonds. The summed E-state index contributed by atoms with van der Waals surface area (Å²) in [5.41, 5.74) is 2.42. The lowest BCUT2D eigenvalue weighted by Gasteiger charge is -2.35. The Bertz CT molecular complexity index is 640. The fraction of sp³-hybridized carbons (Fsp3) is 0.364. The minimum Gasteiger partial charge on any atom is -0.375 e. The number of ether oxygens (including phenoxy) is 1. The fourth-order valence-corrected chi connectivity index (χ4v) is 3.62. The number of hydrogen-bond donors (Lipinski definition) is 0. The first-order chi connectivity index (χ1) is 12.5. The van der Waals surface area contributed by atoms with Crippen LogP contribution < -0.4 is 0 Å². The Morgan fingerprint density at radius 3 is 2.08 bits per heavy atom. The molecule has 0 radical (unpaired) electrons. The highest BCUT2D eigenvalue weighted by atomic mass is 28.4. The molecule has 0 saturated heterocycles. The average Bonchev–Trinajstić information content (AvgIpc) is 2.61. The molecule has 2 rings (SSSR count). The van der Waals surface area contributed by atoms with E-state index in [2.05, 4.69) is 67.7 Å². The van der Waals surface area contributed by atoms with Crippen molar-refractivity contribution in [2.45, 2.75) is 45.3 Å². The van der Waals surface area contributed by atoms with Crippen LogP contribution in [0.5, 0.6) is 0 Å². The summed E-state index contributed by atoms with van der Waals surface area (Å²) < 4.78 is 12.4. The highest BCUT2D eigenvalue weighted by Crippen LogP contribution is 2.18. The highest BCUT2D eigenvalue weighted by molar-refractivity contribution is 6.69. The average molecular weight is 370 g/mol. The molecule has 0 aliphatic carbocycles. The molecule has 4 heteroatoms. The number of rotatable bonds is 11. The zero-order chi connectivity index (χ0) is 18.8. The minimum absolute atomic E-state index is 0.142. The van der Waals surface area contributed by atoms with Crippen molar-refractivity contribution >= 4 is 8.32 Å². The van der Waals surface area contributed by atoms with Crippen molar-refractivity contribution < 1.29 is 9.26 Å². The molecule has 0 aliphatic heterocycles. The van der Waals surface area contributed by atoms with Gasteiger partial charge in [0.15, 0.2) is 0 Å². The SMILES string of the molecule is C=CCC(COCc1ccccc1)N(Cc1ccccc1)O[Si](C)(C)C. The van der Waals surface area contributed by atoms with Gasteiger partial charge in [0.05, 0.1) is 19.3 Å². The zero-order valence-electron chi connectivity index (χ0n) is 16.2. The van der Waals surface area contributed by atoms with Crippen LogP contribution in [0.15, 0.2) is 73.3 Å². The van der Waals surface area contributed by atoms with Crippen LogP contribution in [-0.4, -0.2) is 26.0 Å². The third-order valence-electron chi connectivity index (χ3n) is 3.84. The van der Waals surface area contributed by atoms with E-state index in [1.165, 1.54) is 11.1 Å². The van der Waals surface area contributed by atoms with Gasteiger partial charge in [-0.05, 0) is 37.2 Å². The Morgan fingerprint density at radius 1 is 0.962 bits per heavy atom. The van der Waals surface area contributed by atoms with Crippen molar-refractivity contribution in [1.82, 2.24) is 5.06 Å². The second-order valence-electron chi connectivity index (χ2n) is 7.44. The number of nitrogens with zero attached hydrogens (tertiary/aromatic N) is 1. The lowest BCUT2D eigenvalue weighted by Crippen LogP contribution is -2.44. The monoisotopic (exact) mass is 369 g/mol. The van der Waals surface area contributed by atoms with Gasteiger partial charge < -0.3 is 9.26 Å². The largest absolute Gasteiger partial charge is 0.375 e. The van der Waals surface area contributed by atoms with E-state index in [1.807, 2.05) is 30.3 Å². The summed E-state index contributed by atoms with van der Waals surface area (Å²) >= 11 is 0. The van der Waals surface area contributed by atoms with Gasteiger partial charge in [-0.3, -0.25) is 0 Å². The standard InChI is InChI=1S/C22H31NO2Si/c1-5-12-22(19-24-18-21-15-10-7-11-16-21)23(25-26(2,3)4)17-20-13-8-6-9-14-20/h5-11,13-16,22H,1,12,17-19H2,2-4H3. The van der Waals surface area contributed by atoms with Gasteiger partial charge in [0.1, 0.15) is 0 Å². The zero-order valence-corrected chi connectivity index (χ0v) is 17.2. The van der Waals surface area contributed by atoms with Crippen LogP contribution in [-0.2, 0) is 22.4 Å². The molecule has 0 aromatic heterocycles. The van der Waals surface area contributed by atoms with Gasteiger partial charge in [0, 0.05) is 6.54 Å². The van der Waals surface area contributed by atoms with Gasteiger partial charge in [-0.2, -0.15) is 5.06 Å². The molecule has 2 aromatic carbocycles. The third kappa shape index (κ3) is 7.66. The van der Waals surface area contributed by atoms with E-state index < -0.39 is 8.32 Å². The number of benzene rings is 2. The maximum Gasteiger partial charge on any atom is 0.212 e. The van der Waals surface area contributed by atoms with Crippen molar-refractivity contribution in [3.63, 3.8) is 0 Å². The Hall–Kier alpha value is -1.72. The predicted octanol–water partition coefficient (Wildman–Crippen LogP) is 5.42. The van der Waals surface area contributed by atoms with Crippen molar-refractivity contribution in [1.29, 1.82) is 0 Å². The second-order valence-corrected chi connectivity index (χ2v) is 11.9. The summed E-state index contributed by atoms with van der Waals surface area (Å²) in [4.78, 5) is 0. The lowest BCUT2D eigenvalue weighted by atomic mass is 10.1. The summed E-state index contributed by atoms with van der Waals surface area (Å²) in [6, 6.07) is 20.9. The van der Waals surface area contributed by atoms with E-state index in [1.54, 1.807) is 0 Å². The molecule has 1 unspecified atom stereocenters. The summed E-state index contributed by atoms with van der Waals surface area (Å²) in [5.74, 6) is 0. The minimum atomic E-state index is -1.73. The molecule has 0 spiro atoms. The number of hydrogen-bond acceptors (Lipinski definition) is 3.